The van der Waals surface area contributed by atoms with E-state index in [0.29, 0.717) is 13.0 Å². The van der Waals surface area contributed by atoms with Crippen LogP contribution in [0.15, 0.2) is 27.6 Å². The lowest BCUT2D eigenvalue weighted by atomic mass is 10.3. The van der Waals surface area contributed by atoms with Crippen LogP contribution in [0.2, 0.25) is 0 Å². The topological polar surface area (TPSA) is 55.1 Å². The summed E-state index contributed by atoms with van der Waals surface area (Å²) in [6.07, 6.45) is 0.522. The Morgan fingerprint density at radius 2 is 2.31 bits per heavy atom. The van der Waals surface area contributed by atoms with Crippen molar-refractivity contribution in [1.29, 1.82) is 0 Å². The molecule has 0 saturated heterocycles. The van der Waals surface area contributed by atoms with E-state index in [1.807, 2.05) is 25.1 Å². The fourth-order valence-electron chi connectivity index (χ4n) is 1.19. The number of hydrogen-bond acceptors (Lipinski definition) is 3. The van der Waals surface area contributed by atoms with Crippen molar-refractivity contribution < 1.29 is 4.79 Å². The summed E-state index contributed by atoms with van der Waals surface area (Å²) < 4.78 is 0.970. The number of carbonyl (C=O) groups is 1. The zero-order chi connectivity index (χ0) is 12.0. The van der Waals surface area contributed by atoms with E-state index < -0.39 is 0 Å². The molecule has 88 valence electrons. The van der Waals surface area contributed by atoms with E-state index in [0.717, 1.165) is 20.8 Å². The SMILES string of the molecule is CCNC(=O)CCSc1ccc(Br)cc1N. The van der Waals surface area contributed by atoms with Crippen LogP contribution < -0.4 is 11.1 Å². The van der Waals surface area contributed by atoms with E-state index in [1.165, 1.54) is 0 Å². The molecule has 0 aliphatic heterocycles. The van der Waals surface area contributed by atoms with Gasteiger partial charge in [-0.25, -0.2) is 0 Å². The smallest absolute Gasteiger partial charge is 0.220 e. The third-order valence-corrected chi connectivity index (χ3v) is 3.52. The Kier molecular flexibility index (Phi) is 5.69. The van der Waals surface area contributed by atoms with E-state index in [9.17, 15) is 4.79 Å². The number of carbonyl (C=O) groups excluding carboxylic acids is 1. The van der Waals surface area contributed by atoms with E-state index in [4.69, 9.17) is 5.73 Å². The Balaban J connectivity index is 2.40. The molecule has 0 saturated carbocycles. The second-order valence-electron chi connectivity index (χ2n) is 3.23. The minimum atomic E-state index is 0.0886. The molecule has 5 heteroatoms. The van der Waals surface area contributed by atoms with Gasteiger partial charge in [-0.3, -0.25) is 4.79 Å². The number of nitrogen functional groups attached to an aromatic ring is 1. The van der Waals surface area contributed by atoms with Crippen molar-refractivity contribution in [2.75, 3.05) is 18.0 Å². The van der Waals surface area contributed by atoms with Crippen LogP contribution in [0.5, 0.6) is 0 Å². The van der Waals surface area contributed by atoms with Gasteiger partial charge in [0.25, 0.3) is 0 Å². The molecule has 0 aliphatic carbocycles. The standard InChI is InChI=1S/C11H15BrN2OS/c1-2-14-11(15)5-6-16-10-4-3-8(12)7-9(10)13/h3-4,7H,2,5-6,13H2,1H3,(H,14,15). The summed E-state index contributed by atoms with van der Waals surface area (Å²) in [6.45, 7) is 2.60. The molecule has 1 aromatic rings. The van der Waals surface area contributed by atoms with Crippen LogP contribution in [0.3, 0.4) is 0 Å². The minimum absolute atomic E-state index is 0.0886. The van der Waals surface area contributed by atoms with Crippen molar-refractivity contribution >= 4 is 39.3 Å². The number of rotatable bonds is 5. The van der Waals surface area contributed by atoms with Crippen molar-refractivity contribution in [3.8, 4) is 0 Å². The van der Waals surface area contributed by atoms with Crippen LogP contribution in [0.4, 0.5) is 5.69 Å². The predicted octanol–water partition coefficient (Wildman–Crippen LogP) is 2.65. The van der Waals surface area contributed by atoms with Crippen molar-refractivity contribution in [2.24, 2.45) is 0 Å². The molecule has 16 heavy (non-hydrogen) atoms. The molecule has 0 radical (unpaired) electrons. The Morgan fingerprint density at radius 3 is 2.94 bits per heavy atom. The highest BCUT2D eigenvalue weighted by atomic mass is 79.9. The fraction of sp³-hybridized carbons (Fsp3) is 0.364. The normalized spacial score (nSPS) is 10.1. The van der Waals surface area contributed by atoms with Crippen LogP contribution >= 0.6 is 27.7 Å². The maximum Gasteiger partial charge on any atom is 0.220 e. The molecular weight excluding hydrogens is 288 g/mol. The van der Waals surface area contributed by atoms with E-state index in [2.05, 4.69) is 21.2 Å². The summed E-state index contributed by atoms with van der Waals surface area (Å²) in [5.74, 6) is 0.836. The third kappa shape index (κ3) is 4.45. The monoisotopic (exact) mass is 302 g/mol. The number of benzene rings is 1. The number of hydrogen-bond donors (Lipinski definition) is 2. The summed E-state index contributed by atoms with van der Waals surface area (Å²) in [5, 5.41) is 2.76. The second-order valence-corrected chi connectivity index (χ2v) is 5.29. The van der Waals surface area contributed by atoms with Gasteiger partial charge in [-0.2, -0.15) is 0 Å². The number of thioether (sulfide) groups is 1. The van der Waals surface area contributed by atoms with Crippen molar-refractivity contribution in [1.82, 2.24) is 5.32 Å². The number of halogens is 1. The summed E-state index contributed by atoms with van der Waals surface area (Å²) in [7, 11) is 0. The van der Waals surface area contributed by atoms with Crippen molar-refractivity contribution in [3.05, 3.63) is 22.7 Å². The van der Waals surface area contributed by atoms with Gasteiger partial charge in [0.15, 0.2) is 0 Å². The van der Waals surface area contributed by atoms with Crippen LogP contribution in [0.25, 0.3) is 0 Å². The molecule has 0 aromatic heterocycles. The molecule has 0 aliphatic rings. The first-order chi connectivity index (χ1) is 7.63. The van der Waals surface area contributed by atoms with E-state index in [1.54, 1.807) is 11.8 Å². The number of nitrogens with two attached hydrogens (primary N) is 1. The second kappa shape index (κ2) is 6.81. The Bertz CT molecular complexity index is 371. The van der Waals surface area contributed by atoms with Gasteiger partial charge in [0.05, 0.1) is 0 Å². The molecule has 1 amide bonds. The van der Waals surface area contributed by atoms with Gasteiger partial charge >= 0.3 is 0 Å². The van der Waals surface area contributed by atoms with Gasteiger partial charge in [0.2, 0.25) is 5.91 Å². The quantitative estimate of drug-likeness (QED) is 0.649. The average Bonchev–Trinajstić information content (AvgIpc) is 2.22. The van der Waals surface area contributed by atoms with E-state index >= 15 is 0 Å². The first-order valence-electron chi connectivity index (χ1n) is 5.08. The number of nitrogens with one attached hydrogen (secondary N) is 1. The van der Waals surface area contributed by atoms with Crippen LogP contribution in [0, 0.1) is 0 Å². The largest absolute Gasteiger partial charge is 0.398 e. The van der Waals surface area contributed by atoms with Gasteiger partial charge in [0, 0.05) is 33.8 Å². The molecule has 0 spiro atoms. The maximum absolute atomic E-state index is 11.2. The lowest BCUT2D eigenvalue weighted by molar-refractivity contribution is -0.120. The summed E-state index contributed by atoms with van der Waals surface area (Å²) in [4.78, 5) is 12.2. The molecule has 3 N–H and O–H groups in total. The Hall–Kier alpha value is -0.680. The molecule has 1 aromatic carbocycles. The van der Waals surface area contributed by atoms with Gasteiger partial charge in [-0.1, -0.05) is 15.9 Å². The lowest BCUT2D eigenvalue weighted by Crippen LogP contribution is -2.22. The third-order valence-electron chi connectivity index (χ3n) is 1.93. The highest BCUT2D eigenvalue weighted by Gasteiger charge is 2.03. The molecule has 0 fully saturated rings. The summed E-state index contributed by atoms with van der Waals surface area (Å²) in [5.41, 5.74) is 6.59. The van der Waals surface area contributed by atoms with Crippen molar-refractivity contribution in [2.45, 2.75) is 18.2 Å². The first kappa shape index (κ1) is 13.4. The zero-order valence-electron chi connectivity index (χ0n) is 9.13. The molecule has 1 rings (SSSR count). The van der Waals surface area contributed by atoms with Crippen LogP contribution in [0.1, 0.15) is 13.3 Å². The molecule has 0 atom stereocenters. The summed E-state index contributed by atoms with van der Waals surface area (Å²) in [6, 6.07) is 5.78. The van der Waals surface area contributed by atoms with Crippen molar-refractivity contribution in [3.63, 3.8) is 0 Å². The first-order valence-corrected chi connectivity index (χ1v) is 6.86. The molecule has 0 bridgehead atoms. The summed E-state index contributed by atoms with van der Waals surface area (Å²) >= 11 is 4.96. The van der Waals surface area contributed by atoms with Gasteiger partial charge < -0.3 is 11.1 Å². The van der Waals surface area contributed by atoms with Gasteiger partial charge in [-0.05, 0) is 25.1 Å². The fourth-order valence-corrected chi connectivity index (χ4v) is 2.47. The predicted molar refractivity (Wildman–Crippen MR) is 72.6 cm³/mol. The van der Waals surface area contributed by atoms with Crippen LogP contribution in [-0.4, -0.2) is 18.2 Å². The highest BCUT2D eigenvalue weighted by Crippen LogP contribution is 2.28. The van der Waals surface area contributed by atoms with Gasteiger partial charge in [-0.15, -0.1) is 11.8 Å². The molecule has 3 nitrogen and oxygen atoms in total. The molecule has 0 unspecified atom stereocenters. The molecular formula is C11H15BrN2OS. The lowest BCUT2D eigenvalue weighted by Gasteiger charge is -2.05. The minimum Gasteiger partial charge on any atom is -0.398 e. The van der Waals surface area contributed by atoms with E-state index in [-0.39, 0.29) is 5.91 Å². The Labute approximate surface area is 108 Å². The highest BCUT2D eigenvalue weighted by molar-refractivity contribution is 9.10. The number of anilines is 1. The maximum atomic E-state index is 11.2. The molecule has 0 heterocycles. The van der Waals surface area contributed by atoms with Gasteiger partial charge in [0.1, 0.15) is 0 Å². The Morgan fingerprint density at radius 1 is 1.56 bits per heavy atom. The van der Waals surface area contributed by atoms with Crippen LogP contribution in [-0.2, 0) is 4.79 Å². The zero-order valence-corrected chi connectivity index (χ0v) is 11.5. The number of amides is 1. The average molecular weight is 303 g/mol.